The van der Waals surface area contributed by atoms with Crippen molar-refractivity contribution in [2.75, 3.05) is 11.5 Å². The van der Waals surface area contributed by atoms with Crippen molar-refractivity contribution in [1.29, 1.82) is 0 Å². The number of thioether (sulfide) groups is 2. The van der Waals surface area contributed by atoms with E-state index in [9.17, 15) is 29.1 Å². The Morgan fingerprint density at radius 2 is 2.00 bits per heavy atom. The van der Waals surface area contributed by atoms with E-state index in [4.69, 9.17) is 0 Å². The number of carbonyl (C=O) groups is 4. The number of hydrogen-bond donors (Lipinski definition) is 4. The first-order chi connectivity index (χ1) is 20.2. The standard InChI is InChI=1S/C25H21N7O6S4/c1-11-29-30-25(42-11)41-10-12-9-40-21-17(20(34)32(21)18(12)22(35)36)27-19(33)16(15-7-4-8-39-15)28-24(38)31-14-6-3-2-5-13(14)26-23(31)37/h2-8,16-17,21H,9-10H2,1H3,(H,26,37)(H,27,33)(H,28,38)(H,35,36)/t16?,17?,21-/m1/s1. The fourth-order valence-corrected chi connectivity index (χ4v) is 8.76. The van der Waals surface area contributed by atoms with Crippen molar-refractivity contribution in [2.45, 2.75) is 28.7 Å². The molecule has 0 aliphatic carbocycles. The molecule has 2 aliphatic rings. The number of para-hydroxylation sites is 2. The molecule has 1 saturated heterocycles. The normalized spacial score (nSPS) is 18.9. The van der Waals surface area contributed by atoms with Crippen molar-refractivity contribution >= 4 is 81.0 Å². The van der Waals surface area contributed by atoms with E-state index in [1.807, 2.05) is 6.92 Å². The molecule has 3 amide bonds. The van der Waals surface area contributed by atoms with Crippen LogP contribution in [-0.2, 0) is 14.4 Å². The number of carboxylic acid groups (broad SMARTS) is 1. The van der Waals surface area contributed by atoms with E-state index < -0.39 is 47.0 Å². The second-order valence-corrected chi connectivity index (χ2v) is 13.7. The Kier molecular flexibility index (Phi) is 7.65. The number of nitrogens with one attached hydrogen (secondary N) is 3. The van der Waals surface area contributed by atoms with Crippen LogP contribution in [0.15, 0.2) is 62.2 Å². The number of fused-ring (bicyclic) bond motifs is 2. The molecule has 1 aromatic carbocycles. The van der Waals surface area contributed by atoms with Crippen molar-refractivity contribution in [1.82, 2.24) is 35.3 Å². The third kappa shape index (κ3) is 5.12. The molecule has 2 aliphatic heterocycles. The maximum absolute atomic E-state index is 13.5. The van der Waals surface area contributed by atoms with Crippen LogP contribution in [0.3, 0.4) is 0 Å². The molecule has 4 aromatic rings. The molecular formula is C25H21N7O6S4. The molecule has 4 N–H and O–H groups in total. The number of thiophene rings is 1. The lowest BCUT2D eigenvalue weighted by Crippen LogP contribution is -2.71. The number of carbonyl (C=O) groups excluding carboxylic acids is 3. The molecule has 3 aromatic heterocycles. The van der Waals surface area contributed by atoms with Gasteiger partial charge in [-0.15, -0.1) is 33.3 Å². The summed E-state index contributed by atoms with van der Waals surface area (Å²) in [6.45, 7) is 1.83. The molecule has 2 unspecified atom stereocenters. The summed E-state index contributed by atoms with van der Waals surface area (Å²) >= 11 is 5.33. The topological polar surface area (TPSA) is 179 Å². The Morgan fingerprint density at radius 1 is 1.19 bits per heavy atom. The molecule has 3 atom stereocenters. The fourth-order valence-electron chi connectivity index (χ4n) is 4.68. The van der Waals surface area contributed by atoms with Crippen LogP contribution < -0.4 is 16.3 Å². The average molecular weight is 644 g/mol. The van der Waals surface area contributed by atoms with E-state index >= 15 is 0 Å². The summed E-state index contributed by atoms with van der Waals surface area (Å²) in [4.78, 5) is 69.0. The van der Waals surface area contributed by atoms with Crippen LogP contribution in [0.25, 0.3) is 11.0 Å². The SMILES string of the molecule is Cc1nnc(SCC2=C(C(=O)O)N3C(=O)C(NC(=O)C(NC(=O)n4c(=O)[nH]c5ccccc54)c4cccs4)[C@H]3SC2)s1. The second-order valence-electron chi connectivity index (χ2n) is 9.21. The minimum atomic E-state index is -1.23. The number of nitrogens with zero attached hydrogens (tertiary/aromatic N) is 4. The van der Waals surface area contributed by atoms with Gasteiger partial charge < -0.3 is 20.7 Å². The van der Waals surface area contributed by atoms with Gasteiger partial charge in [0, 0.05) is 16.4 Å². The van der Waals surface area contributed by atoms with Gasteiger partial charge in [-0.1, -0.05) is 41.3 Å². The van der Waals surface area contributed by atoms with Crippen LogP contribution in [0.1, 0.15) is 15.9 Å². The molecule has 42 heavy (non-hydrogen) atoms. The summed E-state index contributed by atoms with van der Waals surface area (Å²) < 4.78 is 1.61. The summed E-state index contributed by atoms with van der Waals surface area (Å²) in [6, 6.07) is 7.01. The van der Waals surface area contributed by atoms with E-state index in [1.54, 1.807) is 41.8 Å². The molecule has 0 spiro atoms. The van der Waals surface area contributed by atoms with Crippen molar-refractivity contribution < 1.29 is 24.3 Å². The monoisotopic (exact) mass is 643 g/mol. The van der Waals surface area contributed by atoms with Crippen molar-refractivity contribution in [3.05, 3.63) is 73.4 Å². The lowest BCUT2D eigenvalue weighted by molar-refractivity contribution is -0.150. The van der Waals surface area contributed by atoms with Crippen LogP contribution >= 0.6 is 46.2 Å². The van der Waals surface area contributed by atoms with Crippen molar-refractivity contribution in [2.24, 2.45) is 0 Å². The maximum atomic E-state index is 13.5. The van der Waals surface area contributed by atoms with Gasteiger partial charge in [-0.05, 0) is 36.1 Å². The number of rotatable bonds is 8. The molecule has 13 nitrogen and oxygen atoms in total. The van der Waals surface area contributed by atoms with Gasteiger partial charge in [0.2, 0.25) is 5.91 Å². The number of amides is 3. The average Bonchev–Trinajstić information content (AvgIpc) is 3.72. The summed E-state index contributed by atoms with van der Waals surface area (Å²) in [7, 11) is 0. The number of aryl methyl sites for hydroxylation is 1. The van der Waals surface area contributed by atoms with Crippen LogP contribution in [0.4, 0.5) is 4.79 Å². The van der Waals surface area contributed by atoms with Crippen LogP contribution in [0.5, 0.6) is 0 Å². The van der Waals surface area contributed by atoms with Gasteiger partial charge in [0.1, 0.15) is 28.2 Å². The predicted molar refractivity (Wildman–Crippen MR) is 159 cm³/mol. The molecule has 5 heterocycles. The number of imidazole rings is 1. The van der Waals surface area contributed by atoms with E-state index in [1.165, 1.54) is 51.1 Å². The van der Waals surface area contributed by atoms with Crippen molar-refractivity contribution in [3.63, 3.8) is 0 Å². The third-order valence-electron chi connectivity index (χ3n) is 6.58. The first-order valence-corrected chi connectivity index (χ1v) is 16.1. The highest BCUT2D eigenvalue weighted by molar-refractivity contribution is 8.01. The van der Waals surface area contributed by atoms with Gasteiger partial charge in [-0.25, -0.2) is 19.0 Å². The Balaban J connectivity index is 1.19. The molecular weight excluding hydrogens is 623 g/mol. The first-order valence-electron chi connectivity index (χ1n) is 12.4. The van der Waals surface area contributed by atoms with E-state index in [0.29, 0.717) is 37.3 Å². The Morgan fingerprint density at radius 3 is 2.71 bits per heavy atom. The smallest absolute Gasteiger partial charge is 0.352 e. The number of aliphatic carboxylic acids is 1. The molecule has 0 saturated carbocycles. The van der Waals surface area contributed by atoms with Gasteiger partial charge in [0.15, 0.2) is 4.34 Å². The molecule has 0 radical (unpaired) electrons. The van der Waals surface area contributed by atoms with Gasteiger partial charge in [0.05, 0.1) is 11.0 Å². The molecule has 17 heteroatoms. The van der Waals surface area contributed by atoms with Gasteiger partial charge in [-0.3, -0.25) is 14.5 Å². The predicted octanol–water partition coefficient (Wildman–Crippen LogP) is 2.38. The number of aromatic nitrogens is 4. The summed E-state index contributed by atoms with van der Waals surface area (Å²) in [6.07, 6.45) is 0. The van der Waals surface area contributed by atoms with Gasteiger partial charge in [0.25, 0.3) is 5.91 Å². The van der Waals surface area contributed by atoms with Gasteiger partial charge >= 0.3 is 17.7 Å². The van der Waals surface area contributed by atoms with E-state index in [2.05, 4.69) is 25.8 Å². The zero-order valence-electron chi connectivity index (χ0n) is 21.6. The number of aromatic amines is 1. The van der Waals surface area contributed by atoms with Gasteiger partial charge in [-0.2, -0.15) is 0 Å². The largest absolute Gasteiger partial charge is 0.477 e. The van der Waals surface area contributed by atoms with E-state index in [0.717, 1.165) is 9.57 Å². The Labute approximate surface area is 253 Å². The lowest BCUT2D eigenvalue weighted by Gasteiger charge is -2.49. The molecule has 0 bridgehead atoms. The minimum Gasteiger partial charge on any atom is -0.477 e. The fraction of sp³-hybridized carbons (Fsp3) is 0.240. The lowest BCUT2D eigenvalue weighted by atomic mass is 10.0. The number of β-lactam (4-membered cyclic amide) rings is 1. The number of H-pyrrole nitrogens is 1. The summed E-state index contributed by atoms with van der Waals surface area (Å²) in [5.74, 6) is -1.77. The second kappa shape index (κ2) is 11.4. The van der Waals surface area contributed by atoms with E-state index in [-0.39, 0.29) is 5.70 Å². The highest BCUT2D eigenvalue weighted by Gasteiger charge is 2.54. The zero-order valence-corrected chi connectivity index (χ0v) is 24.9. The van der Waals surface area contributed by atoms with Crippen LogP contribution in [0, 0.1) is 6.92 Å². The Hall–Kier alpha value is -3.93. The number of carboxylic acids is 1. The third-order valence-corrected chi connectivity index (χ3v) is 10.9. The first kappa shape index (κ1) is 28.2. The zero-order chi connectivity index (χ0) is 29.5. The van der Waals surface area contributed by atoms with Crippen LogP contribution in [0.2, 0.25) is 0 Å². The molecule has 6 rings (SSSR count). The quantitative estimate of drug-likeness (QED) is 0.165. The highest BCUT2D eigenvalue weighted by Crippen LogP contribution is 2.42. The minimum absolute atomic E-state index is 0.0928. The summed E-state index contributed by atoms with van der Waals surface area (Å²) in [5, 5.41) is 25.2. The van der Waals surface area contributed by atoms with Crippen molar-refractivity contribution in [3.8, 4) is 0 Å². The summed E-state index contributed by atoms with van der Waals surface area (Å²) in [5.41, 5.74) is 0.628. The molecule has 216 valence electrons. The molecule has 1 fully saturated rings. The Bertz CT molecular complexity index is 1810. The number of benzene rings is 1. The number of hydrogen-bond acceptors (Lipinski definition) is 11. The maximum Gasteiger partial charge on any atom is 0.352 e. The highest BCUT2D eigenvalue weighted by atomic mass is 32.2. The van der Waals surface area contributed by atoms with Crippen LogP contribution in [-0.4, -0.2) is 76.5 Å².